The molecule has 1 aromatic carbocycles. The van der Waals surface area contributed by atoms with Gasteiger partial charge in [0.05, 0.1) is 7.11 Å². The number of hydrogen-bond acceptors (Lipinski definition) is 2. The molecule has 0 saturated heterocycles. The summed E-state index contributed by atoms with van der Waals surface area (Å²) in [5.41, 5.74) is 5.66. The molecule has 2 unspecified atom stereocenters. The number of methoxy groups -OCH3 is 1. The molecule has 0 spiro atoms. The number of hydrogen-bond donors (Lipinski definition) is 1. The zero-order valence-electron chi connectivity index (χ0n) is 12.7. The van der Waals surface area contributed by atoms with Gasteiger partial charge in [-0.1, -0.05) is 17.7 Å². The predicted octanol–water partition coefficient (Wildman–Crippen LogP) is 3.75. The summed E-state index contributed by atoms with van der Waals surface area (Å²) in [7, 11) is 1.74. The molecule has 0 amide bonds. The lowest BCUT2D eigenvalue weighted by molar-refractivity contribution is 0.0719. The van der Waals surface area contributed by atoms with Crippen LogP contribution in [0.4, 0.5) is 0 Å². The first kappa shape index (κ1) is 13.7. The van der Waals surface area contributed by atoms with Crippen molar-refractivity contribution in [1.82, 2.24) is 0 Å². The highest BCUT2D eigenvalue weighted by atomic mass is 16.5. The van der Waals surface area contributed by atoms with Crippen LogP contribution in [-0.2, 0) is 6.42 Å². The third-order valence-electron chi connectivity index (χ3n) is 5.44. The quantitative estimate of drug-likeness (QED) is 0.831. The van der Waals surface area contributed by atoms with Gasteiger partial charge >= 0.3 is 0 Å². The van der Waals surface area contributed by atoms with Crippen molar-refractivity contribution >= 4 is 0 Å². The molecule has 108 valence electrons. The van der Waals surface area contributed by atoms with Crippen molar-refractivity contribution in [3.63, 3.8) is 0 Å². The first-order valence-electron chi connectivity index (χ1n) is 7.54. The van der Waals surface area contributed by atoms with Gasteiger partial charge < -0.3 is 9.84 Å². The van der Waals surface area contributed by atoms with Crippen LogP contribution in [0.25, 0.3) is 0 Å². The van der Waals surface area contributed by atoms with Gasteiger partial charge in [0.15, 0.2) is 0 Å². The van der Waals surface area contributed by atoms with Crippen LogP contribution >= 0.6 is 0 Å². The third-order valence-corrected chi connectivity index (χ3v) is 5.44. The maximum Gasteiger partial charge on any atom is 0.122 e. The third kappa shape index (κ3) is 1.89. The first-order chi connectivity index (χ1) is 9.61. The Balaban J connectivity index is 2.10. The van der Waals surface area contributed by atoms with Crippen LogP contribution in [0.3, 0.4) is 0 Å². The fourth-order valence-corrected chi connectivity index (χ4v) is 4.29. The number of benzene rings is 1. The zero-order chi connectivity index (χ0) is 14.3. The summed E-state index contributed by atoms with van der Waals surface area (Å²) in [6.45, 7) is 4.66. The summed E-state index contributed by atoms with van der Waals surface area (Å²) >= 11 is 0. The highest BCUT2D eigenvalue weighted by molar-refractivity contribution is 5.48. The zero-order valence-corrected chi connectivity index (χ0v) is 12.7. The SMILES string of the molecule is COc1ccc2c(c1C)CCC1(CO)CC(C)=CCC21. The molecule has 2 heteroatoms. The first-order valence-corrected chi connectivity index (χ1v) is 7.54. The lowest BCUT2D eigenvalue weighted by atomic mass is 9.58. The molecule has 3 rings (SSSR count). The molecular weight excluding hydrogens is 248 g/mol. The van der Waals surface area contributed by atoms with Crippen molar-refractivity contribution < 1.29 is 9.84 Å². The van der Waals surface area contributed by atoms with E-state index in [9.17, 15) is 5.11 Å². The van der Waals surface area contributed by atoms with Gasteiger partial charge in [-0.05, 0) is 68.2 Å². The van der Waals surface area contributed by atoms with Crippen LogP contribution in [0.5, 0.6) is 5.75 Å². The van der Waals surface area contributed by atoms with Crippen molar-refractivity contribution in [3.05, 3.63) is 40.5 Å². The van der Waals surface area contributed by atoms with E-state index in [4.69, 9.17) is 4.74 Å². The summed E-state index contributed by atoms with van der Waals surface area (Å²) in [5.74, 6) is 1.45. The Kier molecular flexibility index (Phi) is 3.37. The number of rotatable bonds is 2. The smallest absolute Gasteiger partial charge is 0.122 e. The van der Waals surface area contributed by atoms with Crippen molar-refractivity contribution in [2.24, 2.45) is 5.41 Å². The van der Waals surface area contributed by atoms with Gasteiger partial charge in [-0.2, -0.15) is 0 Å². The number of allylic oxidation sites excluding steroid dienone is 2. The molecular formula is C18H24O2. The molecule has 0 aromatic heterocycles. The van der Waals surface area contributed by atoms with E-state index in [-0.39, 0.29) is 5.41 Å². The van der Waals surface area contributed by atoms with Gasteiger partial charge in [-0.15, -0.1) is 0 Å². The van der Waals surface area contributed by atoms with E-state index in [1.165, 1.54) is 22.3 Å². The predicted molar refractivity (Wildman–Crippen MR) is 81.3 cm³/mol. The second kappa shape index (κ2) is 4.92. The molecule has 0 fully saturated rings. The van der Waals surface area contributed by atoms with E-state index in [0.717, 1.165) is 31.4 Å². The molecule has 0 radical (unpaired) electrons. The topological polar surface area (TPSA) is 29.5 Å². The fourth-order valence-electron chi connectivity index (χ4n) is 4.29. The Morgan fingerprint density at radius 1 is 1.35 bits per heavy atom. The molecule has 2 atom stereocenters. The Labute approximate surface area is 121 Å². The summed E-state index contributed by atoms with van der Waals surface area (Å²) < 4.78 is 5.45. The van der Waals surface area contributed by atoms with E-state index >= 15 is 0 Å². The molecule has 20 heavy (non-hydrogen) atoms. The molecule has 0 saturated carbocycles. The lowest BCUT2D eigenvalue weighted by Gasteiger charge is -2.47. The number of fused-ring (bicyclic) bond motifs is 3. The van der Waals surface area contributed by atoms with E-state index in [2.05, 4.69) is 32.1 Å². The van der Waals surface area contributed by atoms with Gasteiger partial charge in [0, 0.05) is 12.0 Å². The van der Waals surface area contributed by atoms with Gasteiger partial charge in [0.2, 0.25) is 0 Å². The minimum atomic E-state index is 0.0624. The number of aliphatic hydroxyl groups excluding tert-OH is 1. The van der Waals surface area contributed by atoms with Gasteiger partial charge in [-0.25, -0.2) is 0 Å². The van der Waals surface area contributed by atoms with E-state index < -0.39 is 0 Å². The average Bonchev–Trinajstić information content (AvgIpc) is 2.47. The van der Waals surface area contributed by atoms with Crippen molar-refractivity contribution in [3.8, 4) is 5.75 Å². The van der Waals surface area contributed by atoms with Crippen LogP contribution in [0.2, 0.25) is 0 Å². The fraction of sp³-hybridized carbons (Fsp3) is 0.556. The van der Waals surface area contributed by atoms with Gasteiger partial charge in [0.25, 0.3) is 0 Å². The van der Waals surface area contributed by atoms with Crippen LogP contribution < -0.4 is 4.74 Å². The molecule has 0 aliphatic heterocycles. The van der Waals surface area contributed by atoms with Crippen LogP contribution in [-0.4, -0.2) is 18.8 Å². The number of aliphatic hydroxyl groups is 1. The van der Waals surface area contributed by atoms with E-state index in [1.54, 1.807) is 7.11 Å². The molecule has 1 N–H and O–H groups in total. The molecule has 2 aliphatic carbocycles. The van der Waals surface area contributed by atoms with E-state index in [0.29, 0.717) is 12.5 Å². The summed E-state index contributed by atoms with van der Waals surface area (Å²) in [5, 5.41) is 10.0. The van der Waals surface area contributed by atoms with E-state index in [1.807, 2.05) is 0 Å². The molecule has 2 aliphatic rings. The lowest BCUT2D eigenvalue weighted by Crippen LogP contribution is -2.39. The standard InChI is InChI=1S/C18H24O2/c1-12-4-6-16-15-5-7-17(20-3)13(2)14(15)8-9-18(16,10-12)11-19/h4-5,7,16,19H,6,8-11H2,1-3H3. The minimum absolute atomic E-state index is 0.0624. The van der Waals surface area contributed by atoms with Crippen LogP contribution in [0.1, 0.15) is 48.8 Å². The van der Waals surface area contributed by atoms with Crippen LogP contribution in [0.15, 0.2) is 23.8 Å². The summed E-state index contributed by atoms with van der Waals surface area (Å²) in [6.07, 6.45) is 6.60. The second-order valence-corrected chi connectivity index (χ2v) is 6.50. The van der Waals surface area contributed by atoms with Crippen molar-refractivity contribution in [2.75, 3.05) is 13.7 Å². The van der Waals surface area contributed by atoms with Gasteiger partial charge in [-0.3, -0.25) is 0 Å². The Morgan fingerprint density at radius 2 is 2.15 bits per heavy atom. The van der Waals surface area contributed by atoms with Crippen molar-refractivity contribution in [2.45, 2.75) is 45.4 Å². The maximum atomic E-state index is 10.0. The van der Waals surface area contributed by atoms with Gasteiger partial charge in [0.1, 0.15) is 5.75 Å². The Bertz CT molecular complexity index is 559. The normalized spacial score (nSPS) is 28.4. The second-order valence-electron chi connectivity index (χ2n) is 6.50. The Hall–Kier alpha value is -1.28. The minimum Gasteiger partial charge on any atom is -0.496 e. The average molecular weight is 272 g/mol. The summed E-state index contributed by atoms with van der Waals surface area (Å²) in [4.78, 5) is 0. The Morgan fingerprint density at radius 3 is 2.85 bits per heavy atom. The monoisotopic (exact) mass is 272 g/mol. The molecule has 1 aromatic rings. The van der Waals surface area contributed by atoms with Crippen molar-refractivity contribution in [1.29, 1.82) is 0 Å². The van der Waals surface area contributed by atoms with Crippen LogP contribution in [0, 0.1) is 12.3 Å². The molecule has 0 bridgehead atoms. The molecule has 2 nitrogen and oxygen atoms in total. The highest BCUT2D eigenvalue weighted by Gasteiger charge is 2.44. The highest BCUT2D eigenvalue weighted by Crippen LogP contribution is 2.54. The summed E-state index contributed by atoms with van der Waals surface area (Å²) in [6, 6.07) is 4.32. The maximum absolute atomic E-state index is 10.0. The number of ether oxygens (including phenoxy) is 1. The molecule has 0 heterocycles. The largest absolute Gasteiger partial charge is 0.496 e.